The molecule has 2 N–H and O–H groups in total. The quantitative estimate of drug-likeness (QED) is 0.785. The first kappa shape index (κ1) is 11.2. The van der Waals surface area contributed by atoms with E-state index in [9.17, 15) is 0 Å². The lowest BCUT2D eigenvalue weighted by atomic mass is 9.82. The van der Waals surface area contributed by atoms with Gasteiger partial charge in [0.2, 0.25) is 0 Å². The third-order valence-electron chi connectivity index (χ3n) is 2.18. The predicted octanol–water partition coefficient (Wildman–Crippen LogP) is 1.12. The van der Waals surface area contributed by atoms with Crippen LogP contribution in [0.2, 0.25) is 0 Å². The highest BCUT2D eigenvalue weighted by molar-refractivity contribution is 4.96. The zero-order valence-corrected chi connectivity index (χ0v) is 9.49. The molecule has 1 aromatic heterocycles. The van der Waals surface area contributed by atoms with Gasteiger partial charge in [0.05, 0.1) is 5.69 Å². The van der Waals surface area contributed by atoms with Gasteiger partial charge in [-0.25, -0.2) is 0 Å². The number of nitrogens with two attached hydrogens (primary N) is 1. The maximum Gasteiger partial charge on any atom is 0.0832 e. The van der Waals surface area contributed by atoms with Crippen molar-refractivity contribution in [3.8, 4) is 0 Å². The Labute approximate surface area is 85.5 Å². The summed E-state index contributed by atoms with van der Waals surface area (Å²) < 4.78 is 1.73. The Morgan fingerprint density at radius 3 is 2.64 bits per heavy atom. The van der Waals surface area contributed by atoms with E-state index in [-0.39, 0.29) is 11.5 Å². The third kappa shape index (κ3) is 3.46. The minimum absolute atomic E-state index is 0.199. The first-order chi connectivity index (χ1) is 6.39. The average molecular weight is 196 g/mol. The first-order valence-corrected chi connectivity index (χ1v) is 5.00. The summed E-state index contributed by atoms with van der Waals surface area (Å²) >= 11 is 0. The summed E-state index contributed by atoms with van der Waals surface area (Å²) in [6.45, 7) is 6.47. The molecular weight excluding hydrogens is 176 g/mol. The van der Waals surface area contributed by atoms with Crippen molar-refractivity contribution in [2.75, 3.05) is 0 Å². The van der Waals surface area contributed by atoms with Crippen LogP contribution in [-0.2, 0) is 13.5 Å². The Kier molecular flexibility index (Phi) is 3.26. The van der Waals surface area contributed by atoms with Crippen molar-refractivity contribution in [2.45, 2.75) is 39.7 Å². The summed E-state index contributed by atoms with van der Waals surface area (Å²) in [6, 6.07) is 0.238. The van der Waals surface area contributed by atoms with Crippen LogP contribution >= 0.6 is 0 Å². The van der Waals surface area contributed by atoms with Crippen LogP contribution < -0.4 is 5.73 Å². The lowest BCUT2D eigenvalue weighted by Crippen LogP contribution is -2.26. The van der Waals surface area contributed by atoms with Crippen LogP contribution in [0.4, 0.5) is 0 Å². The SMILES string of the molecule is CC(N)CC(C)(C)Cc1cn(C)nn1. The topological polar surface area (TPSA) is 56.7 Å². The van der Waals surface area contributed by atoms with Crippen molar-refractivity contribution < 1.29 is 0 Å². The van der Waals surface area contributed by atoms with Gasteiger partial charge in [0.1, 0.15) is 0 Å². The fourth-order valence-electron chi connectivity index (χ4n) is 1.91. The summed E-state index contributed by atoms with van der Waals surface area (Å²) in [6.07, 6.45) is 3.90. The van der Waals surface area contributed by atoms with Gasteiger partial charge in [-0.1, -0.05) is 19.1 Å². The summed E-state index contributed by atoms with van der Waals surface area (Å²) in [5.41, 5.74) is 7.03. The molecule has 0 radical (unpaired) electrons. The zero-order chi connectivity index (χ0) is 10.8. The summed E-state index contributed by atoms with van der Waals surface area (Å²) in [4.78, 5) is 0. The van der Waals surface area contributed by atoms with E-state index in [1.165, 1.54) is 0 Å². The highest BCUT2D eigenvalue weighted by Crippen LogP contribution is 2.25. The van der Waals surface area contributed by atoms with E-state index in [4.69, 9.17) is 5.73 Å². The van der Waals surface area contributed by atoms with Gasteiger partial charge >= 0.3 is 0 Å². The third-order valence-corrected chi connectivity index (χ3v) is 2.18. The number of rotatable bonds is 4. The largest absolute Gasteiger partial charge is 0.328 e. The molecule has 0 saturated carbocycles. The number of hydrogen-bond acceptors (Lipinski definition) is 3. The van der Waals surface area contributed by atoms with Gasteiger partial charge < -0.3 is 5.73 Å². The van der Waals surface area contributed by atoms with Crippen molar-refractivity contribution in [1.29, 1.82) is 0 Å². The molecular formula is C10H20N4. The molecule has 0 amide bonds. The van der Waals surface area contributed by atoms with Crippen LogP contribution in [0, 0.1) is 5.41 Å². The lowest BCUT2D eigenvalue weighted by Gasteiger charge is -2.25. The maximum atomic E-state index is 5.80. The molecule has 1 heterocycles. The molecule has 80 valence electrons. The van der Waals surface area contributed by atoms with Gasteiger partial charge in [-0.05, 0) is 25.2 Å². The second-order valence-corrected chi connectivity index (χ2v) is 4.91. The maximum absolute atomic E-state index is 5.80. The molecule has 0 spiro atoms. The lowest BCUT2D eigenvalue weighted by molar-refractivity contribution is 0.306. The van der Waals surface area contributed by atoms with Crippen LogP contribution in [0.15, 0.2) is 6.20 Å². The van der Waals surface area contributed by atoms with Gasteiger partial charge in [-0.2, -0.15) is 0 Å². The average Bonchev–Trinajstić information content (AvgIpc) is 2.30. The summed E-state index contributed by atoms with van der Waals surface area (Å²) in [7, 11) is 1.88. The van der Waals surface area contributed by atoms with E-state index >= 15 is 0 Å². The molecule has 4 heteroatoms. The number of aryl methyl sites for hydroxylation is 1. The van der Waals surface area contributed by atoms with E-state index in [0.29, 0.717) is 0 Å². The molecule has 0 fully saturated rings. The molecule has 1 atom stereocenters. The number of nitrogens with zero attached hydrogens (tertiary/aromatic N) is 3. The molecule has 0 aliphatic rings. The van der Waals surface area contributed by atoms with Crippen molar-refractivity contribution in [3.63, 3.8) is 0 Å². The highest BCUT2D eigenvalue weighted by Gasteiger charge is 2.21. The van der Waals surface area contributed by atoms with Gasteiger partial charge in [0, 0.05) is 19.3 Å². The monoisotopic (exact) mass is 196 g/mol. The fourth-order valence-corrected chi connectivity index (χ4v) is 1.91. The van der Waals surface area contributed by atoms with E-state index in [1.54, 1.807) is 4.68 Å². The van der Waals surface area contributed by atoms with Crippen molar-refractivity contribution in [2.24, 2.45) is 18.2 Å². The van der Waals surface area contributed by atoms with Crippen molar-refractivity contribution in [1.82, 2.24) is 15.0 Å². The van der Waals surface area contributed by atoms with E-state index < -0.39 is 0 Å². The minimum Gasteiger partial charge on any atom is -0.328 e. The number of hydrogen-bond donors (Lipinski definition) is 1. The van der Waals surface area contributed by atoms with Crippen molar-refractivity contribution >= 4 is 0 Å². The Bertz CT molecular complexity index is 288. The zero-order valence-electron chi connectivity index (χ0n) is 9.49. The normalized spacial score (nSPS) is 14.4. The number of aromatic nitrogens is 3. The van der Waals surface area contributed by atoms with Gasteiger partial charge in [0.25, 0.3) is 0 Å². The standard InChI is InChI=1S/C10H20N4/c1-8(11)5-10(2,3)6-9-7-14(4)13-12-9/h7-8H,5-6,11H2,1-4H3. The Balaban J connectivity index is 2.58. The predicted molar refractivity (Wildman–Crippen MR) is 56.8 cm³/mol. The Morgan fingerprint density at radius 2 is 2.21 bits per heavy atom. The molecule has 0 aliphatic heterocycles. The van der Waals surface area contributed by atoms with Crippen LogP contribution in [0.3, 0.4) is 0 Å². The first-order valence-electron chi connectivity index (χ1n) is 5.00. The highest BCUT2D eigenvalue weighted by atomic mass is 15.4. The van der Waals surface area contributed by atoms with Crippen LogP contribution in [0.1, 0.15) is 32.9 Å². The minimum atomic E-state index is 0.199. The molecule has 0 saturated heterocycles. The molecule has 1 aromatic rings. The summed E-state index contributed by atoms with van der Waals surface area (Å²) in [5, 5.41) is 8.00. The molecule has 1 rings (SSSR count). The second kappa shape index (κ2) is 4.09. The molecule has 0 bridgehead atoms. The molecule has 0 aliphatic carbocycles. The Hall–Kier alpha value is -0.900. The second-order valence-electron chi connectivity index (χ2n) is 4.91. The Morgan fingerprint density at radius 1 is 1.57 bits per heavy atom. The fraction of sp³-hybridized carbons (Fsp3) is 0.800. The summed E-state index contributed by atoms with van der Waals surface area (Å²) in [5.74, 6) is 0. The van der Waals surface area contributed by atoms with Gasteiger partial charge in [-0.15, -0.1) is 5.10 Å². The van der Waals surface area contributed by atoms with Gasteiger partial charge in [-0.3, -0.25) is 4.68 Å². The van der Waals surface area contributed by atoms with Gasteiger partial charge in [0.15, 0.2) is 0 Å². The van der Waals surface area contributed by atoms with E-state index in [1.807, 2.05) is 20.2 Å². The van der Waals surface area contributed by atoms with E-state index in [0.717, 1.165) is 18.5 Å². The van der Waals surface area contributed by atoms with Crippen LogP contribution in [-0.4, -0.2) is 21.0 Å². The van der Waals surface area contributed by atoms with Crippen molar-refractivity contribution in [3.05, 3.63) is 11.9 Å². The van der Waals surface area contributed by atoms with Crippen LogP contribution in [0.25, 0.3) is 0 Å². The van der Waals surface area contributed by atoms with Crippen LogP contribution in [0.5, 0.6) is 0 Å². The molecule has 4 nitrogen and oxygen atoms in total. The molecule has 1 unspecified atom stereocenters. The smallest absolute Gasteiger partial charge is 0.0832 e. The van der Waals surface area contributed by atoms with E-state index in [2.05, 4.69) is 24.2 Å². The molecule has 14 heavy (non-hydrogen) atoms. The molecule has 0 aromatic carbocycles.